The van der Waals surface area contributed by atoms with Crippen molar-refractivity contribution in [1.82, 2.24) is 0 Å². The number of carboxylic acids is 3. The van der Waals surface area contributed by atoms with Gasteiger partial charge in [-0.2, -0.15) is 0 Å². The summed E-state index contributed by atoms with van der Waals surface area (Å²) in [4.78, 5) is 33.0. The number of aliphatic imine (C=N–C) groups is 1. The molecule has 20 heavy (non-hydrogen) atoms. The molecule has 0 aromatic rings. The zero-order chi connectivity index (χ0) is 16.1. The molecular weight excluding hydrogens is 272 g/mol. The van der Waals surface area contributed by atoms with E-state index in [9.17, 15) is 14.4 Å². The first-order valence-electron chi connectivity index (χ1n) is 5.34. The Balaban J connectivity index is 0. The number of hydrogen-bond acceptors (Lipinski definition) is 5. The Labute approximate surface area is 114 Å². The van der Waals surface area contributed by atoms with Crippen LogP contribution < -0.4 is 17.2 Å². The Bertz CT molecular complexity index is 373. The molecule has 0 spiro atoms. The van der Waals surface area contributed by atoms with Crippen molar-refractivity contribution in [2.24, 2.45) is 22.2 Å². The van der Waals surface area contributed by atoms with Crippen molar-refractivity contribution in [3.8, 4) is 0 Å². The Morgan fingerprint density at radius 3 is 1.80 bits per heavy atom. The van der Waals surface area contributed by atoms with Crippen LogP contribution in [0.25, 0.3) is 0 Å². The lowest BCUT2D eigenvalue weighted by Crippen LogP contribution is -2.30. The van der Waals surface area contributed by atoms with Gasteiger partial charge >= 0.3 is 17.9 Å². The summed E-state index contributed by atoms with van der Waals surface area (Å²) in [7, 11) is 0. The molecule has 9 N–H and O–H groups in total. The van der Waals surface area contributed by atoms with Gasteiger partial charge in [0.05, 0.1) is 0 Å². The molecule has 0 rings (SSSR count). The van der Waals surface area contributed by atoms with E-state index in [1.807, 2.05) is 0 Å². The number of carboxylic acid groups (broad SMARTS) is 3. The number of aliphatic carboxylic acids is 3. The predicted molar refractivity (Wildman–Crippen MR) is 69.9 cm³/mol. The summed E-state index contributed by atoms with van der Waals surface area (Å²) in [6, 6.07) is -0.820. The van der Waals surface area contributed by atoms with Gasteiger partial charge in [-0.3, -0.25) is 9.79 Å². The molecule has 0 saturated carbocycles. The molecule has 0 aliphatic heterocycles. The fourth-order valence-corrected chi connectivity index (χ4v) is 0.785. The standard InChI is InChI=1S/C6H14N4O2.C4H4O4/c7-4(5(11)12)2-1-3-10-6(8)9;5-3(6)1-2-4(7)8/h4H,1-3,7H2,(H,11,12)(H4,8,9,10);1-2H,(H,5,6)(H,7,8)/b;2-1+/t4-;/m0./s1. The third-order valence-electron chi connectivity index (χ3n) is 1.65. The van der Waals surface area contributed by atoms with Crippen molar-refractivity contribution in [1.29, 1.82) is 0 Å². The van der Waals surface area contributed by atoms with Gasteiger partial charge in [0.25, 0.3) is 0 Å². The van der Waals surface area contributed by atoms with Gasteiger partial charge in [0.1, 0.15) is 6.04 Å². The first kappa shape index (κ1) is 19.7. The highest BCUT2D eigenvalue weighted by Gasteiger charge is 2.09. The highest BCUT2D eigenvalue weighted by Crippen LogP contribution is 1.94. The molecule has 0 heterocycles. The van der Waals surface area contributed by atoms with E-state index in [-0.39, 0.29) is 5.96 Å². The molecular formula is C10H18N4O6. The Kier molecular flexibility index (Phi) is 11.3. The second-order valence-electron chi connectivity index (χ2n) is 3.40. The highest BCUT2D eigenvalue weighted by molar-refractivity contribution is 5.89. The minimum atomic E-state index is -1.26. The van der Waals surface area contributed by atoms with Crippen LogP contribution in [0.5, 0.6) is 0 Å². The van der Waals surface area contributed by atoms with E-state index < -0.39 is 23.9 Å². The third-order valence-corrected chi connectivity index (χ3v) is 1.65. The lowest BCUT2D eigenvalue weighted by Gasteiger charge is -2.03. The van der Waals surface area contributed by atoms with Crippen LogP contribution in [0.3, 0.4) is 0 Å². The molecule has 0 aliphatic rings. The van der Waals surface area contributed by atoms with Crippen LogP contribution in [-0.4, -0.2) is 51.8 Å². The van der Waals surface area contributed by atoms with E-state index in [1.165, 1.54) is 0 Å². The fourth-order valence-electron chi connectivity index (χ4n) is 0.785. The first-order chi connectivity index (χ1) is 9.16. The minimum absolute atomic E-state index is 0.0129. The third kappa shape index (κ3) is 17.8. The predicted octanol–water partition coefficient (Wildman–Crippen LogP) is -1.84. The smallest absolute Gasteiger partial charge is 0.328 e. The molecule has 0 saturated heterocycles. The van der Waals surface area contributed by atoms with Crippen LogP contribution in [0.1, 0.15) is 12.8 Å². The summed E-state index contributed by atoms with van der Waals surface area (Å²) in [5.41, 5.74) is 15.3. The maximum Gasteiger partial charge on any atom is 0.328 e. The summed E-state index contributed by atoms with van der Waals surface area (Å²) in [5, 5.41) is 24.0. The lowest BCUT2D eigenvalue weighted by molar-refractivity contribution is -0.138. The summed E-state index contributed by atoms with van der Waals surface area (Å²) in [6.45, 7) is 0.420. The average molecular weight is 290 g/mol. The van der Waals surface area contributed by atoms with Crippen molar-refractivity contribution in [2.75, 3.05) is 6.54 Å². The van der Waals surface area contributed by atoms with Gasteiger partial charge in [0, 0.05) is 18.7 Å². The van der Waals surface area contributed by atoms with Crippen molar-refractivity contribution in [2.45, 2.75) is 18.9 Å². The molecule has 0 amide bonds. The minimum Gasteiger partial charge on any atom is -0.480 e. The monoisotopic (exact) mass is 290 g/mol. The van der Waals surface area contributed by atoms with Crippen LogP contribution in [0.15, 0.2) is 17.1 Å². The van der Waals surface area contributed by atoms with Gasteiger partial charge in [-0.1, -0.05) is 0 Å². The molecule has 114 valence electrons. The Hall–Kier alpha value is -2.62. The normalized spacial score (nSPS) is 11.1. The maximum absolute atomic E-state index is 10.2. The molecule has 10 nitrogen and oxygen atoms in total. The molecule has 0 fully saturated rings. The zero-order valence-corrected chi connectivity index (χ0v) is 10.6. The van der Waals surface area contributed by atoms with Crippen molar-refractivity contribution in [3.05, 3.63) is 12.2 Å². The Morgan fingerprint density at radius 1 is 1.05 bits per heavy atom. The molecule has 10 heteroatoms. The quantitative estimate of drug-likeness (QED) is 0.135. The van der Waals surface area contributed by atoms with Crippen LogP contribution >= 0.6 is 0 Å². The zero-order valence-electron chi connectivity index (χ0n) is 10.6. The SMILES string of the molecule is NC(N)=NCCC[C@H](N)C(=O)O.O=C(O)/C=C/C(=O)O. The summed E-state index contributed by atoms with van der Waals surface area (Å²) in [5.74, 6) is -3.50. The van der Waals surface area contributed by atoms with Gasteiger partial charge in [-0.25, -0.2) is 9.59 Å². The van der Waals surface area contributed by atoms with Gasteiger partial charge < -0.3 is 32.5 Å². The second-order valence-corrected chi connectivity index (χ2v) is 3.40. The number of hydrogen-bond donors (Lipinski definition) is 6. The van der Waals surface area contributed by atoms with Crippen LogP contribution in [0.4, 0.5) is 0 Å². The number of rotatable bonds is 7. The first-order valence-corrected chi connectivity index (χ1v) is 5.34. The van der Waals surface area contributed by atoms with Gasteiger partial charge in [0.2, 0.25) is 0 Å². The molecule has 0 radical (unpaired) electrons. The van der Waals surface area contributed by atoms with Crippen molar-refractivity contribution in [3.63, 3.8) is 0 Å². The van der Waals surface area contributed by atoms with Crippen LogP contribution in [-0.2, 0) is 14.4 Å². The maximum atomic E-state index is 10.2. The average Bonchev–Trinajstić information content (AvgIpc) is 2.32. The number of carbonyl (C=O) groups is 3. The van der Waals surface area contributed by atoms with E-state index in [1.54, 1.807) is 0 Å². The summed E-state index contributed by atoms with van der Waals surface area (Å²) >= 11 is 0. The Morgan fingerprint density at radius 2 is 1.50 bits per heavy atom. The topological polar surface area (TPSA) is 202 Å². The van der Waals surface area contributed by atoms with E-state index in [4.69, 9.17) is 32.5 Å². The number of nitrogens with zero attached hydrogens (tertiary/aromatic N) is 1. The fraction of sp³-hybridized carbons (Fsp3) is 0.400. The van der Waals surface area contributed by atoms with Gasteiger partial charge in [0.15, 0.2) is 5.96 Å². The van der Waals surface area contributed by atoms with E-state index in [0.717, 1.165) is 0 Å². The molecule has 0 aromatic carbocycles. The number of guanidine groups is 1. The van der Waals surface area contributed by atoms with Crippen LogP contribution in [0, 0.1) is 0 Å². The molecule has 0 aromatic heterocycles. The van der Waals surface area contributed by atoms with Crippen LogP contribution in [0.2, 0.25) is 0 Å². The highest BCUT2D eigenvalue weighted by atomic mass is 16.4. The van der Waals surface area contributed by atoms with Gasteiger partial charge in [-0.05, 0) is 12.8 Å². The van der Waals surface area contributed by atoms with Gasteiger partial charge in [-0.15, -0.1) is 0 Å². The second kappa shape index (κ2) is 11.5. The summed E-state index contributed by atoms with van der Waals surface area (Å²) < 4.78 is 0. The summed E-state index contributed by atoms with van der Waals surface area (Å²) in [6.07, 6.45) is 2.07. The van der Waals surface area contributed by atoms with E-state index in [2.05, 4.69) is 4.99 Å². The largest absolute Gasteiger partial charge is 0.480 e. The van der Waals surface area contributed by atoms with E-state index in [0.29, 0.717) is 31.5 Å². The molecule has 0 bridgehead atoms. The van der Waals surface area contributed by atoms with E-state index >= 15 is 0 Å². The molecule has 0 unspecified atom stereocenters. The molecule has 0 aliphatic carbocycles. The number of nitrogens with two attached hydrogens (primary N) is 3. The molecule has 1 atom stereocenters. The lowest BCUT2D eigenvalue weighted by atomic mass is 10.2. The van der Waals surface area contributed by atoms with Crippen molar-refractivity contribution >= 4 is 23.9 Å². The van der Waals surface area contributed by atoms with Crippen molar-refractivity contribution < 1.29 is 29.7 Å².